The van der Waals surface area contributed by atoms with Crippen molar-refractivity contribution in [1.29, 1.82) is 0 Å². The molecular formula is C23H25N3O3. The SMILES string of the molecule is COc1ccccc1CNC(=O)c1ccnc(Nc2ccccc2OC(C)C)c1. The molecule has 0 saturated heterocycles. The molecule has 0 radical (unpaired) electrons. The molecule has 0 fully saturated rings. The molecule has 150 valence electrons. The molecule has 1 aromatic heterocycles. The predicted molar refractivity (Wildman–Crippen MR) is 114 cm³/mol. The van der Waals surface area contributed by atoms with E-state index in [0.717, 1.165) is 22.7 Å². The Bertz CT molecular complexity index is 973. The van der Waals surface area contributed by atoms with Crippen LogP contribution in [0, 0.1) is 0 Å². The normalized spacial score (nSPS) is 10.5. The van der Waals surface area contributed by atoms with Crippen LogP contribution < -0.4 is 20.1 Å². The van der Waals surface area contributed by atoms with Crippen LogP contribution in [0.15, 0.2) is 66.9 Å². The zero-order chi connectivity index (χ0) is 20.6. The third-order valence-corrected chi connectivity index (χ3v) is 4.17. The van der Waals surface area contributed by atoms with Crippen LogP contribution in [0.25, 0.3) is 0 Å². The van der Waals surface area contributed by atoms with Gasteiger partial charge in [0.1, 0.15) is 17.3 Å². The van der Waals surface area contributed by atoms with Crippen LogP contribution in [0.5, 0.6) is 11.5 Å². The van der Waals surface area contributed by atoms with Gasteiger partial charge in [-0.3, -0.25) is 4.79 Å². The monoisotopic (exact) mass is 391 g/mol. The summed E-state index contributed by atoms with van der Waals surface area (Å²) in [6.07, 6.45) is 1.66. The number of nitrogens with one attached hydrogen (secondary N) is 2. The Morgan fingerprint density at radius 1 is 1.03 bits per heavy atom. The van der Waals surface area contributed by atoms with Gasteiger partial charge in [0, 0.05) is 23.9 Å². The van der Waals surface area contributed by atoms with Gasteiger partial charge >= 0.3 is 0 Å². The number of carbonyl (C=O) groups is 1. The number of methoxy groups -OCH3 is 1. The zero-order valence-electron chi connectivity index (χ0n) is 16.8. The van der Waals surface area contributed by atoms with Gasteiger partial charge in [-0.25, -0.2) is 4.98 Å². The Balaban J connectivity index is 1.70. The summed E-state index contributed by atoms with van der Waals surface area (Å²) >= 11 is 0. The maximum Gasteiger partial charge on any atom is 0.251 e. The van der Waals surface area contributed by atoms with Gasteiger partial charge in [0.05, 0.1) is 18.9 Å². The van der Waals surface area contributed by atoms with Crippen molar-refractivity contribution in [2.75, 3.05) is 12.4 Å². The van der Waals surface area contributed by atoms with E-state index >= 15 is 0 Å². The second kappa shape index (κ2) is 9.59. The van der Waals surface area contributed by atoms with E-state index in [4.69, 9.17) is 9.47 Å². The van der Waals surface area contributed by atoms with Crippen molar-refractivity contribution in [1.82, 2.24) is 10.3 Å². The molecule has 6 nitrogen and oxygen atoms in total. The smallest absolute Gasteiger partial charge is 0.251 e. The maximum absolute atomic E-state index is 12.6. The summed E-state index contributed by atoms with van der Waals surface area (Å²) in [7, 11) is 1.61. The molecule has 0 aliphatic heterocycles. The van der Waals surface area contributed by atoms with Gasteiger partial charge in [0.15, 0.2) is 0 Å². The fourth-order valence-corrected chi connectivity index (χ4v) is 2.83. The number of pyridine rings is 1. The Labute approximate surface area is 170 Å². The molecule has 0 aliphatic carbocycles. The molecule has 2 N–H and O–H groups in total. The van der Waals surface area contributed by atoms with Gasteiger partial charge < -0.3 is 20.1 Å². The lowest BCUT2D eigenvalue weighted by Gasteiger charge is -2.15. The van der Waals surface area contributed by atoms with Crippen molar-refractivity contribution in [3.8, 4) is 11.5 Å². The number of benzene rings is 2. The molecule has 3 rings (SSSR count). The van der Waals surface area contributed by atoms with Crippen LogP contribution in [0.3, 0.4) is 0 Å². The lowest BCUT2D eigenvalue weighted by Crippen LogP contribution is -2.23. The fourth-order valence-electron chi connectivity index (χ4n) is 2.83. The summed E-state index contributed by atoms with van der Waals surface area (Å²) in [4.78, 5) is 16.9. The van der Waals surface area contributed by atoms with E-state index in [1.54, 1.807) is 25.4 Å². The molecule has 6 heteroatoms. The highest BCUT2D eigenvalue weighted by Crippen LogP contribution is 2.27. The Kier molecular flexibility index (Phi) is 6.68. The van der Waals surface area contributed by atoms with E-state index in [1.807, 2.05) is 62.4 Å². The number of hydrogen-bond acceptors (Lipinski definition) is 5. The Morgan fingerprint density at radius 3 is 2.52 bits per heavy atom. The zero-order valence-corrected chi connectivity index (χ0v) is 16.8. The Morgan fingerprint density at radius 2 is 1.76 bits per heavy atom. The highest BCUT2D eigenvalue weighted by Gasteiger charge is 2.10. The molecule has 1 amide bonds. The van der Waals surface area contributed by atoms with Crippen molar-refractivity contribution in [3.63, 3.8) is 0 Å². The number of ether oxygens (including phenoxy) is 2. The number of carbonyl (C=O) groups excluding carboxylic acids is 1. The van der Waals surface area contributed by atoms with Crippen LogP contribution in [-0.4, -0.2) is 24.1 Å². The topological polar surface area (TPSA) is 72.5 Å². The van der Waals surface area contributed by atoms with Crippen LogP contribution in [0.4, 0.5) is 11.5 Å². The third kappa shape index (κ3) is 5.48. The largest absolute Gasteiger partial charge is 0.496 e. The van der Waals surface area contributed by atoms with E-state index in [0.29, 0.717) is 17.9 Å². The van der Waals surface area contributed by atoms with Crippen molar-refractivity contribution in [3.05, 3.63) is 78.0 Å². The number of anilines is 2. The van der Waals surface area contributed by atoms with Crippen molar-refractivity contribution >= 4 is 17.4 Å². The molecule has 0 unspecified atom stereocenters. The van der Waals surface area contributed by atoms with Gasteiger partial charge in [0.25, 0.3) is 5.91 Å². The van der Waals surface area contributed by atoms with Gasteiger partial charge in [-0.05, 0) is 44.2 Å². The summed E-state index contributed by atoms with van der Waals surface area (Å²) < 4.78 is 11.1. The highest BCUT2D eigenvalue weighted by atomic mass is 16.5. The fraction of sp³-hybridized carbons (Fsp3) is 0.217. The van der Waals surface area contributed by atoms with Gasteiger partial charge in [-0.1, -0.05) is 30.3 Å². The van der Waals surface area contributed by atoms with Crippen LogP contribution in [-0.2, 0) is 6.54 Å². The second-order valence-electron chi connectivity index (χ2n) is 6.71. The van der Waals surface area contributed by atoms with E-state index in [2.05, 4.69) is 15.6 Å². The number of nitrogens with zero attached hydrogens (tertiary/aromatic N) is 1. The molecule has 0 bridgehead atoms. The first kappa shape index (κ1) is 20.2. The minimum absolute atomic E-state index is 0.0537. The summed E-state index contributed by atoms with van der Waals surface area (Å²) in [5.41, 5.74) is 2.22. The molecule has 0 atom stereocenters. The highest BCUT2D eigenvalue weighted by molar-refractivity contribution is 5.95. The summed E-state index contributed by atoms with van der Waals surface area (Å²) in [6, 6.07) is 18.6. The lowest BCUT2D eigenvalue weighted by atomic mass is 10.2. The number of aromatic nitrogens is 1. The van der Waals surface area contributed by atoms with Crippen molar-refractivity contribution < 1.29 is 14.3 Å². The molecule has 0 saturated carbocycles. The van der Waals surface area contributed by atoms with Gasteiger partial charge in [-0.2, -0.15) is 0 Å². The predicted octanol–water partition coefficient (Wildman–Crippen LogP) is 4.55. The molecule has 29 heavy (non-hydrogen) atoms. The Hall–Kier alpha value is -3.54. The van der Waals surface area contributed by atoms with Crippen molar-refractivity contribution in [2.24, 2.45) is 0 Å². The van der Waals surface area contributed by atoms with E-state index in [-0.39, 0.29) is 12.0 Å². The molecular weight excluding hydrogens is 366 g/mol. The van der Waals surface area contributed by atoms with E-state index in [1.165, 1.54) is 0 Å². The molecule has 1 heterocycles. The van der Waals surface area contributed by atoms with E-state index in [9.17, 15) is 4.79 Å². The first-order valence-electron chi connectivity index (χ1n) is 9.45. The standard InChI is InChI=1S/C23H25N3O3/c1-16(2)29-21-11-7-5-9-19(21)26-22-14-17(12-13-24-22)23(27)25-15-18-8-4-6-10-20(18)28-3/h4-14,16H,15H2,1-3H3,(H,24,26)(H,25,27). The number of para-hydroxylation sites is 3. The average molecular weight is 391 g/mol. The number of rotatable bonds is 8. The summed E-state index contributed by atoms with van der Waals surface area (Å²) in [6.45, 7) is 4.32. The minimum Gasteiger partial charge on any atom is -0.496 e. The number of hydrogen-bond donors (Lipinski definition) is 2. The summed E-state index contributed by atoms with van der Waals surface area (Å²) in [5, 5.41) is 6.15. The molecule has 2 aromatic carbocycles. The van der Waals surface area contributed by atoms with E-state index < -0.39 is 0 Å². The van der Waals surface area contributed by atoms with Crippen LogP contribution in [0.1, 0.15) is 29.8 Å². The minimum atomic E-state index is -0.187. The first-order chi connectivity index (χ1) is 14.1. The second-order valence-corrected chi connectivity index (χ2v) is 6.71. The quantitative estimate of drug-likeness (QED) is 0.589. The first-order valence-corrected chi connectivity index (χ1v) is 9.45. The van der Waals surface area contributed by atoms with Crippen molar-refractivity contribution in [2.45, 2.75) is 26.5 Å². The van der Waals surface area contributed by atoms with Crippen LogP contribution in [0.2, 0.25) is 0 Å². The molecule has 0 aliphatic rings. The lowest BCUT2D eigenvalue weighted by molar-refractivity contribution is 0.0950. The third-order valence-electron chi connectivity index (χ3n) is 4.17. The molecule has 3 aromatic rings. The number of amides is 1. The molecule has 0 spiro atoms. The van der Waals surface area contributed by atoms with Crippen LogP contribution >= 0.6 is 0 Å². The summed E-state index contributed by atoms with van der Waals surface area (Å²) in [5.74, 6) is 1.85. The maximum atomic E-state index is 12.6. The van der Waals surface area contributed by atoms with Gasteiger partial charge in [0.2, 0.25) is 0 Å². The van der Waals surface area contributed by atoms with Gasteiger partial charge in [-0.15, -0.1) is 0 Å². The average Bonchev–Trinajstić information content (AvgIpc) is 2.73.